The molecule has 0 saturated heterocycles. The van der Waals surface area contributed by atoms with E-state index in [4.69, 9.17) is 4.74 Å². The second kappa shape index (κ2) is 5.78. The number of aliphatic hydroxyl groups is 1. The molecule has 0 bridgehead atoms. The van der Waals surface area contributed by atoms with Gasteiger partial charge in [-0.1, -0.05) is 44.2 Å². The minimum atomic E-state index is -0.653. The molecule has 1 unspecified atom stereocenters. The van der Waals surface area contributed by atoms with Gasteiger partial charge in [0.2, 0.25) is 0 Å². The first kappa shape index (κ1) is 11.2. The number of aliphatic hydroxyl groups excluding tert-OH is 1. The quantitative estimate of drug-likeness (QED) is 0.730. The predicted molar refractivity (Wildman–Crippen MR) is 56.7 cm³/mol. The third-order valence-electron chi connectivity index (χ3n) is 2.39. The van der Waals surface area contributed by atoms with Gasteiger partial charge in [-0.05, 0) is 12.0 Å². The van der Waals surface area contributed by atoms with E-state index >= 15 is 0 Å². The van der Waals surface area contributed by atoms with Crippen molar-refractivity contribution in [3.05, 3.63) is 35.9 Å². The highest BCUT2D eigenvalue weighted by atomic mass is 16.6. The van der Waals surface area contributed by atoms with E-state index in [9.17, 15) is 5.11 Å². The van der Waals surface area contributed by atoms with E-state index in [0.29, 0.717) is 6.61 Å². The maximum absolute atomic E-state index is 9.56. The Morgan fingerprint density at radius 3 is 2.50 bits per heavy atom. The van der Waals surface area contributed by atoms with Gasteiger partial charge in [-0.25, -0.2) is 0 Å². The van der Waals surface area contributed by atoms with Crippen LogP contribution in [0.3, 0.4) is 0 Å². The first-order chi connectivity index (χ1) is 6.74. The van der Waals surface area contributed by atoms with Gasteiger partial charge < -0.3 is 9.84 Å². The summed E-state index contributed by atoms with van der Waals surface area (Å²) in [5.41, 5.74) is 1.09. The van der Waals surface area contributed by atoms with Crippen molar-refractivity contribution in [1.82, 2.24) is 0 Å². The van der Waals surface area contributed by atoms with E-state index in [0.717, 1.165) is 12.0 Å². The fraction of sp³-hybridized carbons (Fsp3) is 0.500. The lowest BCUT2D eigenvalue weighted by molar-refractivity contribution is -0.138. The Morgan fingerprint density at radius 1 is 1.29 bits per heavy atom. The summed E-state index contributed by atoms with van der Waals surface area (Å²) in [6.45, 7) is 4.50. The normalized spacial score (nSPS) is 15.1. The molecule has 14 heavy (non-hydrogen) atoms. The second-order valence-electron chi connectivity index (χ2n) is 3.57. The first-order valence-corrected chi connectivity index (χ1v) is 5.07. The molecule has 2 heteroatoms. The summed E-state index contributed by atoms with van der Waals surface area (Å²) >= 11 is 0. The van der Waals surface area contributed by atoms with E-state index in [1.54, 1.807) is 0 Å². The fourth-order valence-electron chi connectivity index (χ4n) is 1.12. The Labute approximate surface area is 85.5 Å². The topological polar surface area (TPSA) is 29.5 Å². The summed E-state index contributed by atoms with van der Waals surface area (Å²) in [6, 6.07) is 9.88. The van der Waals surface area contributed by atoms with Gasteiger partial charge in [0.25, 0.3) is 0 Å². The molecule has 0 fully saturated rings. The lowest BCUT2D eigenvalue weighted by Crippen LogP contribution is -2.20. The molecule has 1 aromatic rings. The summed E-state index contributed by atoms with van der Waals surface area (Å²) in [5, 5.41) is 9.56. The van der Waals surface area contributed by atoms with E-state index in [1.165, 1.54) is 0 Å². The lowest BCUT2D eigenvalue weighted by Gasteiger charge is -2.17. The minimum absolute atomic E-state index is 0.193. The standard InChI is InChI=1S/C12H18O2/c1-3-10(2)12(13)14-9-11-7-5-4-6-8-11/h4-8,10,12-13H,3,9H2,1-2H3/t10-,12?/m1/s1. The van der Waals surface area contributed by atoms with Crippen LogP contribution in [0.5, 0.6) is 0 Å². The Balaban J connectivity index is 2.34. The molecule has 0 radical (unpaired) electrons. The van der Waals surface area contributed by atoms with E-state index in [-0.39, 0.29) is 5.92 Å². The first-order valence-electron chi connectivity index (χ1n) is 5.07. The van der Waals surface area contributed by atoms with Crippen molar-refractivity contribution in [2.45, 2.75) is 33.2 Å². The molecule has 0 aromatic heterocycles. The molecule has 1 rings (SSSR count). The van der Waals surface area contributed by atoms with Crippen molar-refractivity contribution in [2.75, 3.05) is 0 Å². The molecule has 0 aliphatic heterocycles. The Bertz CT molecular complexity index is 246. The van der Waals surface area contributed by atoms with E-state index < -0.39 is 6.29 Å². The zero-order valence-electron chi connectivity index (χ0n) is 8.81. The van der Waals surface area contributed by atoms with Gasteiger partial charge >= 0.3 is 0 Å². The highest BCUT2D eigenvalue weighted by Crippen LogP contribution is 2.11. The second-order valence-corrected chi connectivity index (χ2v) is 3.57. The molecule has 0 heterocycles. The van der Waals surface area contributed by atoms with Crippen molar-refractivity contribution in [3.8, 4) is 0 Å². The predicted octanol–water partition coefficient (Wildman–Crippen LogP) is 2.57. The van der Waals surface area contributed by atoms with Gasteiger partial charge in [0, 0.05) is 5.92 Å². The minimum Gasteiger partial charge on any atom is -0.368 e. The van der Waals surface area contributed by atoms with Gasteiger partial charge in [0.15, 0.2) is 6.29 Å². The van der Waals surface area contributed by atoms with Gasteiger partial charge in [0.1, 0.15) is 0 Å². The zero-order valence-corrected chi connectivity index (χ0v) is 8.81. The third kappa shape index (κ3) is 3.48. The molecule has 0 aliphatic rings. The molecular weight excluding hydrogens is 176 g/mol. The molecule has 0 aliphatic carbocycles. The van der Waals surface area contributed by atoms with Crippen LogP contribution in [0.4, 0.5) is 0 Å². The molecule has 0 spiro atoms. The van der Waals surface area contributed by atoms with Gasteiger partial charge in [-0.2, -0.15) is 0 Å². The summed E-state index contributed by atoms with van der Waals surface area (Å²) in [6.07, 6.45) is 0.274. The SMILES string of the molecule is CC[C@@H](C)C(O)OCc1ccccc1. The van der Waals surface area contributed by atoms with E-state index in [2.05, 4.69) is 0 Å². The number of ether oxygens (including phenoxy) is 1. The molecule has 78 valence electrons. The number of rotatable bonds is 5. The molecule has 1 N–H and O–H groups in total. The molecule has 1 aromatic carbocycles. The Kier molecular flexibility index (Phi) is 4.63. The van der Waals surface area contributed by atoms with Crippen LogP contribution in [0.25, 0.3) is 0 Å². The highest BCUT2D eigenvalue weighted by Gasteiger charge is 2.11. The summed E-state index contributed by atoms with van der Waals surface area (Å²) in [4.78, 5) is 0. The Hall–Kier alpha value is -0.860. The van der Waals surface area contributed by atoms with Crippen molar-refractivity contribution < 1.29 is 9.84 Å². The smallest absolute Gasteiger partial charge is 0.157 e. The van der Waals surface area contributed by atoms with Crippen LogP contribution in [-0.4, -0.2) is 11.4 Å². The van der Waals surface area contributed by atoms with Crippen molar-refractivity contribution in [2.24, 2.45) is 5.92 Å². The lowest BCUT2D eigenvalue weighted by atomic mass is 10.1. The molecule has 2 nitrogen and oxygen atoms in total. The van der Waals surface area contributed by atoms with Crippen molar-refractivity contribution in [1.29, 1.82) is 0 Å². The van der Waals surface area contributed by atoms with Crippen LogP contribution >= 0.6 is 0 Å². The fourth-order valence-corrected chi connectivity index (χ4v) is 1.12. The van der Waals surface area contributed by atoms with Crippen molar-refractivity contribution in [3.63, 3.8) is 0 Å². The van der Waals surface area contributed by atoms with Crippen LogP contribution in [0.2, 0.25) is 0 Å². The molecule has 0 amide bonds. The molecule has 0 saturated carbocycles. The summed E-state index contributed by atoms with van der Waals surface area (Å²) in [7, 11) is 0. The van der Waals surface area contributed by atoms with Crippen LogP contribution in [0, 0.1) is 5.92 Å². The molecule has 2 atom stereocenters. The summed E-state index contributed by atoms with van der Waals surface area (Å²) < 4.78 is 5.34. The number of hydrogen-bond donors (Lipinski definition) is 1. The Morgan fingerprint density at radius 2 is 1.93 bits per heavy atom. The van der Waals surface area contributed by atoms with E-state index in [1.807, 2.05) is 44.2 Å². The third-order valence-corrected chi connectivity index (χ3v) is 2.39. The van der Waals surface area contributed by atoms with Crippen LogP contribution in [-0.2, 0) is 11.3 Å². The van der Waals surface area contributed by atoms with Crippen LogP contribution in [0.1, 0.15) is 25.8 Å². The number of hydrogen-bond acceptors (Lipinski definition) is 2. The zero-order chi connectivity index (χ0) is 10.4. The largest absolute Gasteiger partial charge is 0.368 e. The van der Waals surface area contributed by atoms with Gasteiger partial charge in [-0.3, -0.25) is 0 Å². The maximum Gasteiger partial charge on any atom is 0.157 e. The van der Waals surface area contributed by atoms with Gasteiger partial charge in [0.05, 0.1) is 6.61 Å². The van der Waals surface area contributed by atoms with Crippen LogP contribution in [0.15, 0.2) is 30.3 Å². The van der Waals surface area contributed by atoms with Gasteiger partial charge in [-0.15, -0.1) is 0 Å². The number of benzene rings is 1. The van der Waals surface area contributed by atoms with Crippen LogP contribution < -0.4 is 0 Å². The average Bonchev–Trinajstić information content (AvgIpc) is 2.26. The average molecular weight is 194 g/mol. The highest BCUT2D eigenvalue weighted by molar-refractivity contribution is 5.13. The van der Waals surface area contributed by atoms with Crippen molar-refractivity contribution >= 4 is 0 Å². The summed E-state index contributed by atoms with van der Waals surface area (Å²) in [5.74, 6) is 0.193. The monoisotopic (exact) mass is 194 g/mol. The molecular formula is C12H18O2. The maximum atomic E-state index is 9.56.